The summed E-state index contributed by atoms with van der Waals surface area (Å²) in [5.41, 5.74) is 7.43. The summed E-state index contributed by atoms with van der Waals surface area (Å²) in [5, 5.41) is 4.09. The monoisotopic (exact) mass is 313 g/mol. The molecule has 0 aliphatic heterocycles. The maximum atomic E-state index is 4.04. The first kappa shape index (κ1) is 17.2. The summed E-state index contributed by atoms with van der Waals surface area (Å²) in [5.74, 6) is 0. The summed E-state index contributed by atoms with van der Waals surface area (Å²) in [7, 11) is -1.05. The molecule has 1 aliphatic rings. The number of nitrogens with one attached hydrogen (secondary N) is 1. The minimum absolute atomic E-state index is 0.0494. The van der Waals surface area contributed by atoms with Gasteiger partial charge in [-0.15, -0.1) is 0 Å². The summed E-state index contributed by atoms with van der Waals surface area (Å²) >= 11 is 0. The fraction of sp³-hybridized carbons (Fsp3) is 0.500. The third kappa shape index (κ3) is 2.75. The molecule has 1 aromatic carbocycles. The molecule has 0 aromatic heterocycles. The van der Waals surface area contributed by atoms with Gasteiger partial charge in [0.1, 0.15) is 0 Å². The molecule has 0 bridgehead atoms. The van der Waals surface area contributed by atoms with Crippen molar-refractivity contribution in [2.45, 2.75) is 65.3 Å². The van der Waals surface area contributed by atoms with Crippen molar-refractivity contribution in [3.05, 3.63) is 52.6 Å². The van der Waals surface area contributed by atoms with E-state index in [4.69, 9.17) is 0 Å². The highest BCUT2D eigenvalue weighted by molar-refractivity contribution is 6.64. The van der Waals surface area contributed by atoms with E-state index in [0.29, 0.717) is 0 Å². The molecular weight excluding hydrogens is 282 g/mol. The average molecular weight is 314 g/mol. The van der Waals surface area contributed by atoms with Gasteiger partial charge in [-0.3, -0.25) is 0 Å². The van der Waals surface area contributed by atoms with Gasteiger partial charge in [0.2, 0.25) is 0 Å². The molecule has 2 heteroatoms. The van der Waals surface area contributed by atoms with Crippen LogP contribution in [-0.4, -0.2) is 19.5 Å². The maximum absolute atomic E-state index is 4.04. The normalized spacial score (nSPS) is 23.0. The molecule has 1 aliphatic carbocycles. The van der Waals surface area contributed by atoms with Crippen LogP contribution in [0.25, 0.3) is 5.57 Å². The standard InChI is InChI=1S/C20H31NSi/c1-14-15(2)18(17-12-10-9-11-13-17)20(16(14)3,22(7)8)21-19(4,5)6/h9-13,21-22H,1-8H3. The van der Waals surface area contributed by atoms with Gasteiger partial charge < -0.3 is 5.32 Å². The Morgan fingerprint density at radius 1 is 0.909 bits per heavy atom. The Labute approximate surface area is 138 Å². The highest BCUT2D eigenvalue weighted by Crippen LogP contribution is 2.47. The average Bonchev–Trinajstić information content (AvgIpc) is 2.61. The molecule has 1 atom stereocenters. The van der Waals surface area contributed by atoms with Gasteiger partial charge in [-0.25, -0.2) is 0 Å². The summed E-state index contributed by atoms with van der Waals surface area (Å²) in [6.07, 6.45) is 0. The van der Waals surface area contributed by atoms with Crippen molar-refractivity contribution in [3.8, 4) is 0 Å². The molecule has 0 amide bonds. The van der Waals surface area contributed by atoms with Gasteiger partial charge in [0.15, 0.2) is 0 Å². The predicted molar refractivity (Wildman–Crippen MR) is 102 cm³/mol. The molecule has 1 unspecified atom stereocenters. The van der Waals surface area contributed by atoms with Crippen LogP contribution in [0, 0.1) is 0 Å². The van der Waals surface area contributed by atoms with Crippen LogP contribution in [0.4, 0.5) is 0 Å². The third-order valence-electron chi connectivity index (χ3n) is 4.99. The molecule has 1 nitrogen and oxygen atoms in total. The molecule has 0 saturated carbocycles. The van der Waals surface area contributed by atoms with Crippen molar-refractivity contribution < 1.29 is 0 Å². The SMILES string of the molecule is CC1=C(C)C(NC(C)(C)C)([SiH](C)C)C(c2ccccc2)=C1C. The fourth-order valence-electron chi connectivity index (χ4n) is 3.91. The summed E-state index contributed by atoms with van der Waals surface area (Å²) in [6.45, 7) is 18.7. The number of allylic oxidation sites excluding steroid dienone is 2. The van der Waals surface area contributed by atoms with Crippen molar-refractivity contribution in [2.24, 2.45) is 0 Å². The van der Waals surface area contributed by atoms with Gasteiger partial charge in [-0.2, -0.15) is 0 Å². The van der Waals surface area contributed by atoms with Gasteiger partial charge in [0.05, 0.1) is 14.0 Å². The van der Waals surface area contributed by atoms with Gasteiger partial charge >= 0.3 is 0 Å². The van der Waals surface area contributed by atoms with Crippen molar-refractivity contribution in [1.29, 1.82) is 0 Å². The summed E-state index contributed by atoms with van der Waals surface area (Å²) < 4.78 is 0. The second-order valence-corrected chi connectivity index (χ2v) is 11.1. The van der Waals surface area contributed by atoms with E-state index in [-0.39, 0.29) is 10.7 Å². The third-order valence-corrected chi connectivity index (χ3v) is 7.58. The van der Waals surface area contributed by atoms with E-state index in [2.05, 4.69) is 90.3 Å². The Morgan fingerprint density at radius 3 is 1.91 bits per heavy atom. The lowest BCUT2D eigenvalue weighted by molar-refractivity contribution is 0.390. The Morgan fingerprint density at radius 2 is 1.45 bits per heavy atom. The first-order valence-corrected chi connectivity index (χ1v) is 11.2. The second kappa shape index (κ2) is 5.82. The Balaban J connectivity index is 2.73. The highest BCUT2D eigenvalue weighted by Gasteiger charge is 2.47. The minimum Gasteiger partial charge on any atom is -0.302 e. The van der Waals surface area contributed by atoms with Gasteiger partial charge in [-0.05, 0) is 69.4 Å². The van der Waals surface area contributed by atoms with Crippen LogP contribution in [0.3, 0.4) is 0 Å². The van der Waals surface area contributed by atoms with E-state index >= 15 is 0 Å². The van der Waals surface area contributed by atoms with Crippen LogP contribution in [0.15, 0.2) is 47.1 Å². The van der Waals surface area contributed by atoms with Gasteiger partial charge in [-0.1, -0.05) is 43.4 Å². The second-order valence-electron chi connectivity index (χ2n) is 7.95. The maximum Gasteiger partial charge on any atom is 0.0656 e. The van der Waals surface area contributed by atoms with Crippen molar-refractivity contribution >= 4 is 14.4 Å². The summed E-state index contributed by atoms with van der Waals surface area (Å²) in [4.78, 5) is 0. The molecular formula is C20H31NSi. The van der Waals surface area contributed by atoms with E-state index in [0.717, 1.165) is 0 Å². The zero-order valence-corrected chi connectivity index (χ0v) is 16.6. The summed E-state index contributed by atoms with van der Waals surface area (Å²) in [6, 6.07) is 10.9. The highest BCUT2D eigenvalue weighted by atomic mass is 28.3. The minimum atomic E-state index is -1.05. The molecule has 0 fully saturated rings. The molecule has 0 radical (unpaired) electrons. The largest absolute Gasteiger partial charge is 0.302 e. The van der Waals surface area contributed by atoms with Crippen LogP contribution in [0.2, 0.25) is 13.1 Å². The Hall–Kier alpha value is -1.12. The van der Waals surface area contributed by atoms with E-state index < -0.39 is 8.80 Å². The zero-order chi connectivity index (χ0) is 16.7. The van der Waals surface area contributed by atoms with E-state index in [1.54, 1.807) is 0 Å². The lowest BCUT2D eigenvalue weighted by Gasteiger charge is -2.44. The van der Waals surface area contributed by atoms with Crippen LogP contribution in [-0.2, 0) is 0 Å². The fourth-order valence-corrected chi connectivity index (χ4v) is 6.68. The molecule has 0 spiro atoms. The lowest BCUT2D eigenvalue weighted by atomic mass is 9.93. The molecule has 22 heavy (non-hydrogen) atoms. The number of benzene rings is 1. The first-order chi connectivity index (χ1) is 10.1. The molecule has 0 heterocycles. The first-order valence-electron chi connectivity index (χ1n) is 8.35. The van der Waals surface area contributed by atoms with Crippen molar-refractivity contribution in [3.63, 3.8) is 0 Å². The number of hydrogen-bond donors (Lipinski definition) is 1. The Bertz CT molecular complexity index is 617. The van der Waals surface area contributed by atoms with Crippen molar-refractivity contribution in [1.82, 2.24) is 5.32 Å². The van der Waals surface area contributed by atoms with Crippen molar-refractivity contribution in [2.75, 3.05) is 0 Å². The number of hydrogen-bond acceptors (Lipinski definition) is 1. The van der Waals surface area contributed by atoms with Crippen LogP contribution in [0.1, 0.15) is 47.1 Å². The molecule has 1 aromatic rings. The van der Waals surface area contributed by atoms with E-state index in [1.165, 1.54) is 27.9 Å². The topological polar surface area (TPSA) is 12.0 Å². The molecule has 2 rings (SSSR count). The molecule has 0 saturated heterocycles. The van der Waals surface area contributed by atoms with Crippen LogP contribution >= 0.6 is 0 Å². The zero-order valence-electron chi connectivity index (χ0n) is 15.5. The quantitative estimate of drug-likeness (QED) is 0.777. The Kier molecular flexibility index (Phi) is 4.56. The number of rotatable bonds is 3. The van der Waals surface area contributed by atoms with Crippen LogP contribution < -0.4 is 5.32 Å². The van der Waals surface area contributed by atoms with Gasteiger partial charge in [0.25, 0.3) is 0 Å². The van der Waals surface area contributed by atoms with Crippen LogP contribution in [0.5, 0.6) is 0 Å². The van der Waals surface area contributed by atoms with E-state index in [9.17, 15) is 0 Å². The van der Waals surface area contributed by atoms with E-state index in [1.807, 2.05) is 0 Å². The molecule has 1 N–H and O–H groups in total. The molecule has 120 valence electrons. The lowest BCUT2D eigenvalue weighted by Crippen LogP contribution is -2.61. The predicted octanol–water partition coefficient (Wildman–Crippen LogP) is 4.96. The van der Waals surface area contributed by atoms with Gasteiger partial charge in [0, 0.05) is 5.54 Å². The smallest absolute Gasteiger partial charge is 0.0656 e.